The zero-order valence-electron chi connectivity index (χ0n) is 20.3. The fraction of sp³-hybridized carbons (Fsp3) is 0.320. The van der Waals surface area contributed by atoms with Gasteiger partial charge in [0.1, 0.15) is 16.6 Å². The van der Waals surface area contributed by atoms with E-state index < -0.39 is 17.9 Å². The number of nitrogens with one attached hydrogen (secondary N) is 1. The Morgan fingerprint density at radius 2 is 1.83 bits per heavy atom. The number of benzene rings is 1. The van der Waals surface area contributed by atoms with E-state index in [9.17, 15) is 14.4 Å². The molecule has 1 N–H and O–H groups in total. The first-order chi connectivity index (χ1) is 16.8. The number of ether oxygens (including phenoxy) is 1. The van der Waals surface area contributed by atoms with Crippen molar-refractivity contribution in [1.82, 2.24) is 19.3 Å². The second kappa shape index (κ2) is 9.83. The number of anilines is 1. The van der Waals surface area contributed by atoms with Crippen LogP contribution in [0, 0.1) is 20.8 Å². The third-order valence-corrected chi connectivity index (χ3v) is 6.78. The number of carbonyl (C=O) groups is 2. The summed E-state index contributed by atoms with van der Waals surface area (Å²) in [5.74, 6) is -0.879. The first kappa shape index (κ1) is 24.3. The average molecular weight is 494 g/mol. The van der Waals surface area contributed by atoms with Gasteiger partial charge in [-0.3, -0.25) is 14.2 Å². The first-order valence-corrected chi connectivity index (χ1v) is 12.2. The van der Waals surface area contributed by atoms with E-state index in [-0.39, 0.29) is 17.3 Å². The molecule has 3 heterocycles. The number of aryl methyl sites for hydroxylation is 3. The predicted molar refractivity (Wildman–Crippen MR) is 136 cm³/mol. The van der Waals surface area contributed by atoms with Crippen LogP contribution in [0.5, 0.6) is 0 Å². The molecule has 1 amide bonds. The lowest BCUT2D eigenvalue weighted by atomic mass is 10.1. The summed E-state index contributed by atoms with van der Waals surface area (Å²) in [5.41, 5.74) is 3.09. The summed E-state index contributed by atoms with van der Waals surface area (Å²) >= 11 is 1.05. The molecule has 9 nitrogen and oxygen atoms in total. The largest absolute Gasteiger partial charge is 0.462 e. The molecule has 10 heteroatoms. The maximum absolute atomic E-state index is 13.4. The minimum atomic E-state index is -0.820. The van der Waals surface area contributed by atoms with Crippen LogP contribution in [0.25, 0.3) is 16.7 Å². The van der Waals surface area contributed by atoms with Crippen molar-refractivity contribution in [3.05, 3.63) is 68.6 Å². The lowest BCUT2D eigenvalue weighted by Gasteiger charge is -2.20. The van der Waals surface area contributed by atoms with Crippen molar-refractivity contribution in [1.29, 1.82) is 0 Å². The van der Waals surface area contributed by atoms with Crippen molar-refractivity contribution in [2.24, 2.45) is 0 Å². The summed E-state index contributed by atoms with van der Waals surface area (Å²) in [5, 5.41) is 8.60. The molecule has 182 valence electrons. The van der Waals surface area contributed by atoms with E-state index >= 15 is 0 Å². The van der Waals surface area contributed by atoms with Crippen molar-refractivity contribution in [2.75, 3.05) is 11.9 Å². The topological polar surface area (TPSA) is 108 Å². The lowest BCUT2D eigenvalue weighted by molar-refractivity contribution is -0.119. The minimum Gasteiger partial charge on any atom is -0.462 e. The summed E-state index contributed by atoms with van der Waals surface area (Å²) in [7, 11) is 0. The number of hydrogen-bond donors (Lipinski definition) is 1. The number of pyridine rings is 1. The molecule has 0 spiro atoms. The number of esters is 1. The van der Waals surface area contributed by atoms with Crippen molar-refractivity contribution in [2.45, 2.75) is 47.1 Å². The third kappa shape index (κ3) is 4.49. The second-order valence-corrected chi connectivity index (χ2v) is 9.13. The zero-order valence-corrected chi connectivity index (χ0v) is 21.1. The van der Waals surface area contributed by atoms with Gasteiger partial charge in [-0.1, -0.05) is 36.5 Å². The number of carbonyl (C=O) groups excluding carboxylic acids is 2. The fourth-order valence-electron chi connectivity index (χ4n) is 4.19. The Balaban J connectivity index is 1.80. The molecule has 35 heavy (non-hydrogen) atoms. The van der Waals surface area contributed by atoms with Gasteiger partial charge in [-0.25, -0.2) is 14.5 Å². The molecule has 4 aromatic rings. The van der Waals surface area contributed by atoms with Crippen LogP contribution in [-0.4, -0.2) is 37.8 Å². The summed E-state index contributed by atoms with van der Waals surface area (Å²) in [4.78, 5) is 43.5. The van der Waals surface area contributed by atoms with E-state index in [2.05, 4.69) is 10.3 Å². The molecule has 0 radical (unpaired) electrons. The molecule has 0 aliphatic carbocycles. The second-order valence-electron chi connectivity index (χ2n) is 8.13. The van der Waals surface area contributed by atoms with E-state index in [0.717, 1.165) is 33.7 Å². The summed E-state index contributed by atoms with van der Waals surface area (Å²) in [6, 6.07) is 10.2. The van der Waals surface area contributed by atoms with Gasteiger partial charge in [0.05, 0.1) is 23.7 Å². The number of hydrogen-bond acceptors (Lipinski definition) is 7. The van der Waals surface area contributed by atoms with Crippen LogP contribution in [0.15, 0.2) is 41.2 Å². The molecule has 1 unspecified atom stereocenters. The van der Waals surface area contributed by atoms with Crippen molar-refractivity contribution >= 4 is 39.4 Å². The third-order valence-electron chi connectivity index (χ3n) is 5.73. The average Bonchev–Trinajstić information content (AvgIpc) is 3.36. The standard InChI is InChI=1S/C25H27N5O4S/c1-6-18(22(32)27-25-26-16(5)21(35-25)24(33)34-7-2)29-19(31)13-14(3)20-15(4)28-30(23(20)29)17-11-9-8-10-12-17/h8-13,18H,6-7H2,1-5H3,(H,26,27,32). The molecule has 0 fully saturated rings. The van der Waals surface area contributed by atoms with E-state index in [1.807, 2.05) is 51.1 Å². The fourth-order valence-corrected chi connectivity index (χ4v) is 5.05. The van der Waals surface area contributed by atoms with Gasteiger partial charge in [0.15, 0.2) is 5.13 Å². The van der Waals surface area contributed by atoms with Gasteiger partial charge in [-0.15, -0.1) is 0 Å². The first-order valence-electron chi connectivity index (χ1n) is 11.4. The van der Waals surface area contributed by atoms with Gasteiger partial charge in [0, 0.05) is 11.5 Å². The highest BCUT2D eigenvalue weighted by Gasteiger charge is 2.27. The van der Waals surface area contributed by atoms with Crippen LogP contribution in [0.4, 0.5) is 5.13 Å². The Morgan fingerprint density at radius 1 is 1.11 bits per heavy atom. The van der Waals surface area contributed by atoms with Crippen molar-refractivity contribution < 1.29 is 14.3 Å². The predicted octanol–water partition coefficient (Wildman–Crippen LogP) is 4.34. The van der Waals surface area contributed by atoms with E-state index in [0.29, 0.717) is 22.6 Å². The number of para-hydroxylation sites is 1. The van der Waals surface area contributed by atoms with E-state index in [4.69, 9.17) is 9.84 Å². The summed E-state index contributed by atoms with van der Waals surface area (Å²) in [6.07, 6.45) is 0.359. The minimum absolute atomic E-state index is 0.247. The van der Waals surface area contributed by atoms with Crippen LogP contribution in [-0.2, 0) is 9.53 Å². The monoisotopic (exact) mass is 493 g/mol. The number of thiazole rings is 1. The normalized spacial score (nSPS) is 12.0. The Morgan fingerprint density at radius 3 is 2.49 bits per heavy atom. The van der Waals surface area contributed by atoms with Crippen LogP contribution >= 0.6 is 11.3 Å². The highest BCUT2D eigenvalue weighted by atomic mass is 32.1. The highest BCUT2D eigenvalue weighted by molar-refractivity contribution is 7.17. The maximum Gasteiger partial charge on any atom is 0.350 e. The van der Waals surface area contributed by atoms with Gasteiger partial charge in [0.2, 0.25) is 5.91 Å². The molecule has 4 rings (SSSR count). The quantitative estimate of drug-likeness (QED) is 0.384. The van der Waals surface area contributed by atoms with Gasteiger partial charge in [-0.2, -0.15) is 5.10 Å². The number of nitrogens with zero attached hydrogens (tertiary/aromatic N) is 4. The smallest absolute Gasteiger partial charge is 0.350 e. The van der Waals surface area contributed by atoms with Crippen LogP contribution in [0.2, 0.25) is 0 Å². The Hall–Kier alpha value is -3.79. The lowest BCUT2D eigenvalue weighted by Crippen LogP contribution is -2.34. The van der Waals surface area contributed by atoms with Crippen molar-refractivity contribution in [3.63, 3.8) is 0 Å². The maximum atomic E-state index is 13.4. The summed E-state index contributed by atoms with van der Waals surface area (Å²) in [6.45, 7) is 9.26. The van der Waals surface area contributed by atoms with Gasteiger partial charge in [-0.05, 0) is 51.8 Å². The molecule has 0 aliphatic heterocycles. The Labute approximate surface area is 206 Å². The Kier molecular flexibility index (Phi) is 6.83. The van der Waals surface area contributed by atoms with Crippen molar-refractivity contribution in [3.8, 4) is 5.69 Å². The number of rotatable bonds is 7. The van der Waals surface area contributed by atoms with Gasteiger partial charge in [0.25, 0.3) is 5.56 Å². The molecule has 0 bridgehead atoms. The molecule has 3 aromatic heterocycles. The van der Waals surface area contributed by atoms with Gasteiger partial charge >= 0.3 is 5.97 Å². The van der Waals surface area contributed by atoms with E-state index in [1.54, 1.807) is 18.5 Å². The van der Waals surface area contributed by atoms with E-state index in [1.165, 1.54) is 10.6 Å². The molecule has 0 saturated heterocycles. The highest BCUT2D eigenvalue weighted by Crippen LogP contribution is 2.28. The van der Waals surface area contributed by atoms with Gasteiger partial charge < -0.3 is 10.1 Å². The molecule has 1 atom stereocenters. The summed E-state index contributed by atoms with van der Waals surface area (Å²) < 4.78 is 8.27. The number of fused-ring (bicyclic) bond motifs is 1. The molecule has 0 aliphatic rings. The van der Waals surface area contributed by atoms with Crippen LogP contribution in [0.3, 0.4) is 0 Å². The number of aromatic nitrogens is 4. The van der Waals surface area contributed by atoms with Crippen LogP contribution in [0.1, 0.15) is 52.9 Å². The number of amides is 1. The molecular formula is C25H27N5O4S. The zero-order chi connectivity index (χ0) is 25.3. The van der Waals surface area contributed by atoms with Crippen LogP contribution < -0.4 is 10.9 Å². The molecule has 1 aromatic carbocycles. The Bertz CT molecular complexity index is 1470. The SMILES string of the molecule is CCOC(=O)c1sc(NC(=O)C(CC)n2c(=O)cc(C)c3c(C)nn(-c4ccccc4)c32)nc1C. The molecule has 0 saturated carbocycles. The molecular weight excluding hydrogens is 466 g/mol.